The third-order valence-corrected chi connectivity index (χ3v) is 6.20. The Kier molecular flexibility index (Phi) is 2.91. The van der Waals surface area contributed by atoms with Crippen LogP contribution >= 0.6 is 11.8 Å². The molecule has 3 aliphatic heterocycles. The van der Waals surface area contributed by atoms with Crippen LogP contribution < -0.4 is 15.4 Å². The fraction of sp³-hybridized carbons (Fsp3) is 0.571. The highest BCUT2D eigenvalue weighted by atomic mass is 32.2. The molecule has 3 heterocycles. The lowest BCUT2D eigenvalue weighted by molar-refractivity contribution is 0.224. The van der Waals surface area contributed by atoms with Gasteiger partial charge in [0.05, 0.1) is 11.7 Å². The van der Waals surface area contributed by atoms with Crippen molar-refractivity contribution in [2.24, 2.45) is 10.8 Å². The molecule has 2 saturated heterocycles. The van der Waals surface area contributed by atoms with E-state index >= 15 is 0 Å². The maximum atomic E-state index is 14.7. The monoisotopic (exact) mass is 308 g/mol. The van der Waals surface area contributed by atoms with Gasteiger partial charge in [-0.15, -0.1) is 11.8 Å². The van der Waals surface area contributed by atoms with E-state index in [1.54, 1.807) is 0 Å². The van der Waals surface area contributed by atoms with E-state index in [1.165, 1.54) is 11.8 Å². The first-order valence-electron chi connectivity index (χ1n) is 7.17. The van der Waals surface area contributed by atoms with Gasteiger partial charge < -0.3 is 15.4 Å². The molecule has 0 aliphatic carbocycles. The first-order chi connectivity index (χ1) is 10.2. The number of nitrogens with one attached hydrogen (secondary N) is 1. The second-order valence-electron chi connectivity index (χ2n) is 5.83. The zero-order valence-corrected chi connectivity index (χ0v) is 12.3. The number of thioether (sulfide) groups is 1. The fourth-order valence-corrected chi connectivity index (χ4v) is 4.40. The van der Waals surface area contributed by atoms with Crippen molar-refractivity contribution >= 4 is 17.4 Å². The first kappa shape index (κ1) is 13.3. The molecule has 3 N–H and O–H groups in total. The van der Waals surface area contributed by atoms with E-state index in [1.807, 2.05) is 12.1 Å². The van der Waals surface area contributed by atoms with Crippen LogP contribution in [0.1, 0.15) is 24.4 Å². The molecule has 0 aromatic heterocycles. The van der Waals surface area contributed by atoms with Gasteiger partial charge in [0.15, 0.2) is 11.6 Å². The second kappa shape index (κ2) is 4.58. The summed E-state index contributed by atoms with van der Waals surface area (Å²) in [4.78, 5) is 2.06. The average molecular weight is 308 g/mol. The van der Waals surface area contributed by atoms with Crippen LogP contribution in [0.15, 0.2) is 17.2 Å². The van der Waals surface area contributed by atoms with E-state index in [-0.39, 0.29) is 27.7 Å². The molecule has 0 bridgehead atoms. The Balaban J connectivity index is 1.71. The van der Waals surface area contributed by atoms with Crippen molar-refractivity contribution in [3.8, 4) is 5.75 Å². The van der Waals surface area contributed by atoms with E-state index in [2.05, 4.69) is 10.0 Å². The van der Waals surface area contributed by atoms with Crippen molar-refractivity contribution in [1.82, 2.24) is 0 Å². The number of nitrogens with two attached hydrogens (primary N) is 1. The molecular weight excluding hydrogens is 291 g/mol. The summed E-state index contributed by atoms with van der Waals surface area (Å²) in [6.07, 6.45) is 2.20. The Morgan fingerprint density at radius 2 is 2.19 bits per heavy atom. The van der Waals surface area contributed by atoms with Crippen LogP contribution in [0.3, 0.4) is 0 Å². The molecule has 0 saturated carbocycles. The number of benzene rings is 1. The minimum Gasteiger partial charge on any atom is -0.488 e. The number of halogens is 1. The third-order valence-electron chi connectivity index (χ3n) is 4.67. The molecule has 2 fully saturated rings. The van der Waals surface area contributed by atoms with Crippen LogP contribution in [0, 0.1) is 11.3 Å². The SMILES string of the molecule is N=NC1S[C@]12COc1c(ccc(N3CCCC3)c1F)C2N. The van der Waals surface area contributed by atoms with Crippen molar-refractivity contribution in [1.29, 1.82) is 5.53 Å². The van der Waals surface area contributed by atoms with E-state index in [4.69, 9.17) is 16.0 Å². The molecule has 21 heavy (non-hydrogen) atoms. The second-order valence-corrected chi connectivity index (χ2v) is 7.27. The summed E-state index contributed by atoms with van der Waals surface area (Å²) in [5.41, 5.74) is 14.8. The van der Waals surface area contributed by atoms with Gasteiger partial charge in [-0.1, -0.05) is 6.07 Å². The number of hydrogen-bond donors (Lipinski definition) is 2. The molecule has 3 aliphatic rings. The Morgan fingerprint density at radius 1 is 1.43 bits per heavy atom. The van der Waals surface area contributed by atoms with Crippen LogP contribution in [-0.4, -0.2) is 29.8 Å². The van der Waals surface area contributed by atoms with Crippen molar-refractivity contribution in [3.05, 3.63) is 23.5 Å². The van der Waals surface area contributed by atoms with Crippen molar-refractivity contribution < 1.29 is 9.13 Å². The molecule has 1 aromatic carbocycles. The number of ether oxygens (including phenoxy) is 1. The van der Waals surface area contributed by atoms with Crippen LogP contribution in [0.5, 0.6) is 5.75 Å². The lowest BCUT2D eigenvalue weighted by Gasteiger charge is -2.32. The van der Waals surface area contributed by atoms with Gasteiger partial charge in [-0.05, 0) is 18.9 Å². The van der Waals surface area contributed by atoms with Crippen molar-refractivity contribution in [2.75, 3.05) is 24.6 Å². The zero-order chi connectivity index (χ0) is 14.6. The minimum atomic E-state index is -0.379. The predicted octanol–water partition coefficient (Wildman–Crippen LogP) is 2.66. The number of anilines is 1. The third kappa shape index (κ3) is 1.80. The van der Waals surface area contributed by atoms with Crippen LogP contribution in [-0.2, 0) is 0 Å². The summed E-state index contributed by atoms with van der Waals surface area (Å²) in [6.45, 7) is 2.10. The fourth-order valence-electron chi connectivity index (χ4n) is 3.33. The van der Waals surface area contributed by atoms with E-state index in [0.29, 0.717) is 17.9 Å². The molecule has 3 atom stereocenters. The highest BCUT2D eigenvalue weighted by Gasteiger charge is 2.64. The summed E-state index contributed by atoms with van der Waals surface area (Å²) in [5, 5.41) is 3.39. The predicted molar refractivity (Wildman–Crippen MR) is 79.5 cm³/mol. The smallest absolute Gasteiger partial charge is 0.188 e. The van der Waals surface area contributed by atoms with Gasteiger partial charge in [0.2, 0.25) is 0 Å². The van der Waals surface area contributed by atoms with Gasteiger partial charge in [-0.25, -0.2) is 9.92 Å². The Hall–Kier alpha value is -1.34. The largest absolute Gasteiger partial charge is 0.488 e. The molecule has 0 amide bonds. The Morgan fingerprint density at radius 3 is 2.86 bits per heavy atom. The molecule has 112 valence electrons. The van der Waals surface area contributed by atoms with Crippen LogP contribution in [0.2, 0.25) is 0 Å². The quantitative estimate of drug-likeness (QED) is 0.650. The number of rotatable bonds is 2. The number of fused-ring (bicyclic) bond motifs is 1. The van der Waals surface area contributed by atoms with Crippen molar-refractivity contribution in [2.45, 2.75) is 29.0 Å². The molecule has 5 nitrogen and oxygen atoms in total. The van der Waals surface area contributed by atoms with Gasteiger partial charge in [0, 0.05) is 18.7 Å². The van der Waals surface area contributed by atoms with E-state index in [9.17, 15) is 4.39 Å². The van der Waals surface area contributed by atoms with Crippen LogP contribution in [0.25, 0.3) is 0 Å². The van der Waals surface area contributed by atoms with E-state index < -0.39 is 0 Å². The van der Waals surface area contributed by atoms with Gasteiger partial charge >= 0.3 is 0 Å². The van der Waals surface area contributed by atoms with Gasteiger partial charge in [0.1, 0.15) is 16.7 Å². The Bertz CT molecular complexity index is 607. The van der Waals surface area contributed by atoms with Gasteiger partial charge in [0.25, 0.3) is 0 Å². The summed E-state index contributed by atoms with van der Waals surface area (Å²) < 4.78 is 20.1. The van der Waals surface area contributed by atoms with E-state index in [0.717, 1.165) is 25.9 Å². The summed E-state index contributed by atoms with van der Waals surface area (Å²) >= 11 is 1.53. The lowest BCUT2D eigenvalue weighted by Crippen LogP contribution is -2.40. The maximum Gasteiger partial charge on any atom is 0.188 e. The van der Waals surface area contributed by atoms with Crippen molar-refractivity contribution in [3.63, 3.8) is 0 Å². The molecule has 0 radical (unpaired) electrons. The molecule has 1 aromatic rings. The molecule has 2 unspecified atom stereocenters. The minimum absolute atomic E-state index is 0.165. The van der Waals surface area contributed by atoms with Crippen LogP contribution in [0.4, 0.5) is 10.1 Å². The standard InChI is InChI=1S/C14H17FN4OS/c15-10-9(19-5-1-2-6-19)4-3-8-11(10)20-7-14(12(8)16)13(18-17)21-14/h3-4,12-13,17H,1-2,5-7,16H2/t12?,13?,14-/m0/s1. The van der Waals surface area contributed by atoms with Gasteiger partial charge in [-0.3, -0.25) is 0 Å². The first-order valence-corrected chi connectivity index (χ1v) is 8.05. The topological polar surface area (TPSA) is 74.7 Å². The average Bonchev–Trinajstić information content (AvgIpc) is 2.93. The summed E-state index contributed by atoms with van der Waals surface area (Å²) in [7, 11) is 0. The molecule has 7 heteroatoms. The molecule has 1 spiro atoms. The summed E-state index contributed by atoms with van der Waals surface area (Å²) in [5.74, 6) is -0.0153. The highest BCUT2D eigenvalue weighted by Crippen LogP contribution is 2.63. The zero-order valence-electron chi connectivity index (χ0n) is 11.5. The molecular formula is C14H17FN4OS. The highest BCUT2D eigenvalue weighted by molar-refractivity contribution is 8.08. The van der Waals surface area contributed by atoms with Gasteiger partial charge in [-0.2, -0.15) is 5.11 Å². The normalized spacial score (nSPS) is 33.7. The molecule has 4 rings (SSSR count). The number of hydrogen-bond acceptors (Lipinski definition) is 6. The maximum absolute atomic E-state index is 14.7. The Labute approximate surface area is 126 Å². The lowest BCUT2D eigenvalue weighted by atomic mass is 9.90. The number of nitrogens with zero attached hydrogens (tertiary/aromatic N) is 2. The summed E-state index contributed by atoms with van der Waals surface area (Å²) in [6, 6.07) is 3.34.